The topological polar surface area (TPSA) is 50.2 Å². The van der Waals surface area contributed by atoms with Crippen molar-refractivity contribution in [3.05, 3.63) is 53.1 Å². The summed E-state index contributed by atoms with van der Waals surface area (Å²) in [6.07, 6.45) is 0. The quantitative estimate of drug-likeness (QED) is 0.916. The van der Waals surface area contributed by atoms with Gasteiger partial charge in [-0.3, -0.25) is 14.4 Å². The Balaban J connectivity index is 2.12. The monoisotopic (exact) mass is 304 g/mol. The second kappa shape index (κ2) is 6.70. The van der Waals surface area contributed by atoms with Crippen molar-refractivity contribution in [3.63, 3.8) is 0 Å². The molecule has 1 atom stereocenters. The number of likely N-dealkylation sites (N-methyl/N-ethyl adjacent to an activating group) is 1. The van der Waals surface area contributed by atoms with E-state index in [4.69, 9.17) is 0 Å². The molecule has 22 heavy (non-hydrogen) atoms. The number of nitrogens with zero attached hydrogens (tertiary/aromatic N) is 3. The van der Waals surface area contributed by atoms with Gasteiger partial charge in [0.2, 0.25) is 5.91 Å². The van der Waals surface area contributed by atoms with Gasteiger partial charge in [-0.15, -0.1) is 0 Å². The van der Waals surface area contributed by atoms with Crippen LogP contribution in [0.3, 0.4) is 0 Å². The van der Waals surface area contributed by atoms with E-state index in [1.54, 1.807) is 35.8 Å². The number of nitrogens with one attached hydrogen (secondary N) is 1. The lowest BCUT2D eigenvalue weighted by Gasteiger charge is -2.23. The van der Waals surface area contributed by atoms with E-state index >= 15 is 0 Å². The number of carbonyl (C=O) groups is 1. The van der Waals surface area contributed by atoms with Gasteiger partial charge in [0, 0.05) is 7.05 Å². The second-order valence-electron chi connectivity index (χ2n) is 5.54. The third-order valence-corrected chi connectivity index (χ3v) is 3.47. The molecule has 118 valence electrons. The Bertz CT molecular complexity index is 666. The molecule has 5 nitrogen and oxygen atoms in total. The average Bonchev–Trinajstić information content (AvgIpc) is 2.74. The highest BCUT2D eigenvalue weighted by molar-refractivity contribution is 5.83. The zero-order chi connectivity index (χ0) is 16.3. The molecule has 0 fully saturated rings. The van der Waals surface area contributed by atoms with Crippen LogP contribution in [0.4, 0.5) is 4.39 Å². The van der Waals surface area contributed by atoms with Gasteiger partial charge < -0.3 is 5.32 Å². The number of hydrogen-bond acceptors (Lipinski definition) is 3. The summed E-state index contributed by atoms with van der Waals surface area (Å²) in [6.45, 7) is 2.29. The molecule has 1 amide bonds. The Kier molecular flexibility index (Phi) is 4.92. The number of hydrogen-bond donors (Lipinski definition) is 1. The number of benzene rings is 1. The summed E-state index contributed by atoms with van der Waals surface area (Å²) in [6, 6.07) is 7.50. The fraction of sp³-hybridized carbons (Fsp3) is 0.375. The average molecular weight is 304 g/mol. The van der Waals surface area contributed by atoms with Crippen LogP contribution in [0, 0.1) is 12.7 Å². The van der Waals surface area contributed by atoms with E-state index in [9.17, 15) is 9.18 Å². The fourth-order valence-corrected chi connectivity index (χ4v) is 2.46. The van der Waals surface area contributed by atoms with Crippen LogP contribution in [-0.2, 0) is 18.4 Å². The van der Waals surface area contributed by atoms with Crippen LogP contribution in [0.1, 0.15) is 23.0 Å². The Morgan fingerprint density at radius 2 is 2.14 bits per heavy atom. The standard InChI is InChI=1S/C16H21FN4O/c1-11-8-14(21(4)19-11)10-18-16(22)15(20(2)3)12-6-5-7-13(17)9-12/h5-9,15H,10H2,1-4H3,(H,18,22)/t15-/m0/s1. The Morgan fingerprint density at radius 1 is 1.41 bits per heavy atom. The number of rotatable bonds is 5. The summed E-state index contributed by atoms with van der Waals surface area (Å²) >= 11 is 0. The van der Waals surface area contributed by atoms with Gasteiger partial charge in [0.25, 0.3) is 0 Å². The van der Waals surface area contributed by atoms with Crippen molar-refractivity contribution < 1.29 is 9.18 Å². The molecule has 0 radical (unpaired) electrons. The van der Waals surface area contributed by atoms with Crippen LogP contribution in [0.2, 0.25) is 0 Å². The molecule has 0 saturated heterocycles. The molecule has 1 aromatic heterocycles. The number of amides is 1. The van der Waals surface area contributed by atoms with Crippen molar-refractivity contribution in [2.75, 3.05) is 14.1 Å². The molecule has 0 aliphatic rings. The minimum absolute atomic E-state index is 0.172. The van der Waals surface area contributed by atoms with E-state index in [0.717, 1.165) is 11.4 Å². The van der Waals surface area contributed by atoms with E-state index < -0.39 is 6.04 Å². The maximum Gasteiger partial charge on any atom is 0.242 e. The highest BCUT2D eigenvalue weighted by atomic mass is 19.1. The highest BCUT2D eigenvalue weighted by Gasteiger charge is 2.23. The SMILES string of the molecule is Cc1cc(CNC(=O)[C@H](c2cccc(F)c2)N(C)C)n(C)n1. The predicted octanol–water partition coefficient (Wildman–Crippen LogP) is 1.79. The summed E-state index contributed by atoms with van der Waals surface area (Å²) in [7, 11) is 5.43. The molecule has 0 unspecified atom stereocenters. The molecule has 0 aliphatic carbocycles. The lowest BCUT2D eigenvalue weighted by atomic mass is 10.1. The van der Waals surface area contributed by atoms with E-state index in [1.165, 1.54) is 12.1 Å². The van der Waals surface area contributed by atoms with Gasteiger partial charge >= 0.3 is 0 Å². The summed E-state index contributed by atoms with van der Waals surface area (Å²) < 4.78 is 15.1. The molecule has 2 aromatic rings. The van der Waals surface area contributed by atoms with E-state index in [-0.39, 0.29) is 11.7 Å². The third kappa shape index (κ3) is 3.71. The lowest BCUT2D eigenvalue weighted by molar-refractivity contribution is -0.126. The van der Waals surface area contributed by atoms with Gasteiger partial charge in [-0.05, 0) is 44.8 Å². The van der Waals surface area contributed by atoms with Gasteiger partial charge in [0.15, 0.2) is 0 Å². The molecule has 1 N–H and O–H groups in total. The van der Waals surface area contributed by atoms with Gasteiger partial charge in [-0.25, -0.2) is 4.39 Å². The number of carbonyl (C=O) groups excluding carboxylic acids is 1. The predicted molar refractivity (Wildman–Crippen MR) is 82.6 cm³/mol. The normalized spacial score (nSPS) is 12.5. The minimum Gasteiger partial charge on any atom is -0.349 e. The minimum atomic E-state index is -0.537. The van der Waals surface area contributed by atoms with E-state index in [1.807, 2.05) is 20.0 Å². The zero-order valence-electron chi connectivity index (χ0n) is 13.3. The molecule has 6 heteroatoms. The van der Waals surface area contributed by atoms with Crippen molar-refractivity contribution >= 4 is 5.91 Å². The Morgan fingerprint density at radius 3 is 2.68 bits per heavy atom. The molecular weight excluding hydrogens is 283 g/mol. The van der Waals surface area contributed by atoms with Gasteiger partial charge in [-0.1, -0.05) is 12.1 Å². The van der Waals surface area contributed by atoms with Crippen molar-refractivity contribution in [1.29, 1.82) is 0 Å². The zero-order valence-corrected chi connectivity index (χ0v) is 13.3. The fourth-order valence-electron chi connectivity index (χ4n) is 2.46. The van der Waals surface area contributed by atoms with Crippen LogP contribution >= 0.6 is 0 Å². The van der Waals surface area contributed by atoms with Gasteiger partial charge in [0.05, 0.1) is 17.9 Å². The third-order valence-electron chi connectivity index (χ3n) is 3.47. The number of aryl methyl sites for hydroxylation is 2. The molecule has 0 saturated carbocycles. The first-order valence-electron chi connectivity index (χ1n) is 7.07. The van der Waals surface area contributed by atoms with Crippen molar-refractivity contribution in [2.24, 2.45) is 7.05 Å². The smallest absolute Gasteiger partial charge is 0.242 e. The first-order valence-corrected chi connectivity index (χ1v) is 7.07. The maximum atomic E-state index is 13.4. The second-order valence-corrected chi connectivity index (χ2v) is 5.54. The maximum absolute atomic E-state index is 13.4. The van der Waals surface area contributed by atoms with E-state index in [2.05, 4.69) is 10.4 Å². The molecular formula is C16H21FN4O. The van der Waals surface area contributed by atoms with E-state index in [0.29, 0.717) is 12.1 Å². The Hall–Kier alpha value is -2.21. The molecule has 0 aliphatic heterocycles. The van der Waals surface area contributed by atoms with Crippen LogP contribution in [0.15, 0.2) is 30.3 Å². The molecule has 1 heterocycles. The summed E-state index contributed by atoms with van der Waals surface area (Å²) in [5, 5.41) is 7.13. The molecule has 0 bridgehead atoms. The van der Waals surface area contributed by atoms with Crippen LogP contribution in [0.25, 0.3) is 0 Å². The van der Waals surface area contributed by atoms with Gasteiger partial charge in [0.1, 0.15) is 11.9 Å². The largest absolute Gasteiger partial charge is 0.349 e. The van der Waals surface area contributed by atoms with Gasteiger partial charge in [-0.2, -0.15) is 5.10 Å². The highest BCUT2D eigenvalue weighted by Crippen LogP contribution is 2.19. The van der Waals surface area contributed by atoms with Crippen molar-refractivity contribution in [2.45, 2.75) is 19.5 Å². The van der Waals surface area contributed by atoms with Crippen molar-refractivity contribution in [3.8, 4) is 0 Å². The number of halogens is 1. The molecule has 2 rings (SSSR count). The van der Waals surface area contributed by atoms with Crippen LogP contribution in [-0.4, -0.2) is 34.7 Å². The Labute approximate surface area is 129 Å². The first-order chi connectivity index (χ1) is 10.4. The first kappa shape index (κ1) is 16.2. The van der Waals surface area contributed by atoms with Crippen LogP contribution < -0.4 is 5.32 Å². The summed E-state index contributed by atoms with van der Waals surface area (Å²) in [4.78, 5) is 14.2. The molecule has 1 aromatic carbocycles. The lowest BCUT2D eigenvalue weighted by Crippen LogP contribution is -2.37. The molecule has 0 spiro atoms. The summed E-state index contributed by atoms with van der Waals surface area (Å²) in [5.41, 5.74) is 2.45. The summed E-state index contributed by atoms with van der Waals surface area (Å²) in [5.74, 6) is -0.520. The van der Waals surface area contributed by atoms with Crippen molar-refractivity contribution in [1.82, 2.24) is 20.0 Å². The number of aromatic nitrogens is 2. The van der Waals surface area contributed by atoms with Crippen LogP contribution in [0.5, 0.6) is 0 Å².